The molecule has 0 saturated carbocycles. The Balaban J connectivity index is 1.73. The summed E-state index contributed by atoms with van der Waals surface area (Å²) < 4.78 is 1.87. The molecule has 2 aromatic heterocycles. The van der Waals surface area contributed by atoms with Crippen LogP contribution in [0.25, 0.3) is 10.9 Å². The van der Waals surface area contributed by atoms with Gasteiger partial charge in [-0.1, -0.05) is 11.6 Å². The molecule has 7 heteroatoms. The van der Waals surface area contributed by atoms with Crippen molar-refractivity contribution in [3.63, 3.8) is 0 Å². The number of pyridine rings is 1. The van der Waals surface area contributed by atoms with Crippen molar-refractivity contribution in [1.82, 2.24) is 14.8 Å². The molecular formula is C17H16ClN5O. The van der Waals surface area contributed by atoms with Gasteiger partial charge >= 0.3 is 0 Å². The number of hydrogen-bond donors (Lipinski definition) is 2. The lowest BCUT2D eigenvalue weighted by Crippen LogP contribution is -2.20. The first-order valence-corrected chi connectivity index (χ1v) is 8.17. The van der Waals surface area contributed by atoms with Gasteiger partial charge in [0.05, 0.1) is 17.3 Å². The van der Waals surface area contributed by atoms with Crippen molar-refractivity contribution in [2.24, 2.45) is 0 Å². The SMILES string of the molecule is Cc1cc(C(=O)Nc2cnn3c2NCCC3)c2cc(Cl)ccc2n1. The Morgan fingerprint density at radius 3 is 3.12 bits per heavy atom. The van der Waals surface area contributed by atoms with E-state index >= 15 is 0 Å². The van der Waals surface area contributed by atoms with Crippen LogP contribution >= 0.6 is 11.6 Å². The predicted octanol–water partition coefficient (Wildman–Crippen LogP) is 3.46. The maximum atomic E-state index is 12.8. The highest BCUT2D eigenvalue weighted by Crippen LogP contribution is 2.27. The average Bonchev–Trinajstić information content (AvgIpc) is 2.98. The van der Waals surface area contributed by atoms with Gasteiger partial charge in [0.2, 0.25) is 0 Å². The smallest absolute Gasteiger partial charge is 0.256 e. The van der Waals surface area contributed by atoms with Crippen LogP contribution in [0.1, 0.15) is 22.5 Å². The molecule has 122 valence electrons. The molecule has 1 amide bonds. The quantitative estimate of drug-likeness (QED) is 0.748. The van der Waals surface area contributed by atoms with Gasteiger partial charge in [0.15, 0.2) is 0 Å². The molecular weight excluding hydrogens is 326 g/mol. The summed E-state index contributed by atoms with van der Waals surface area (Å²) in [6.45, 7) is 3.60. The molecule has 0 unspecified atom stereocenters. The van der Waals surface area contributed by atoms with Crippen LogP contribution in [0.2, 0.25) is 5.02 Å². The first kappa shape index (κ1) is 15.0. The number of aryl methyl sites for hydroxylation is 2. The normalized spacial score (nSPS) is 13.4. The zero-order chi connectivity index (χ0) is 16.7. The molecule has 2 N–H and O–H groups in total. The number of carbonyl (C=O) groups excluding carboxylic acids is 1. The molecule has 0 atom stereocenters. The fourth-order valence-electron chi connectivity index (χ4n) is 2.98. The van der Waals surface area contributed by atoms with Crippen LogP contribution in [0.5, 0.6) is 0 Å². The summed E-state index contributed by atoms with van der Waals surface area (Å²) in [7, 11) is 0. The van der Waals surface area contributed by atoms with E-state index in [-0.39, 0.29) is 5.91 Å². The minimum Gasteiger partial charge on any atom is -0.368 e. The Bertz CT molecular complexity index is 950. The number of nitrogens with one attached hydrogen (secondary N) is 2. The lowest BCUT2D eigenvalue weighted by molar-refractivity contribution is 0.102. The van der Waals surface area contributed by atoms with Crippen LogP contribution in [0.15, 0.2) is 30.5 Å². The van der Waals surface area contributed by atoms with Gasteiger partial charge in [-0.25, -0.2) is 4.68 Å². The second-order valence-corrected chi connectivity index (χ2v) is 6.27. The Morgan fingerprint density at radius 1 is 1.38 bits per heavy atom. The zero-order valence-corrected chi connectivity index (χ0v) is 13.9. The minimum atomic E-state index is -0.198. The molecule has 0 spiro atoms. The molecule has 0 aliphatic carbocycles. The average molecular weight is 342 g/mol. The molecule has 3 heterocycles. The first-order valence-electron chi connectivity index (χ1n) is 7.80. The molecule has 3 aromatic rings. The molecule has 6 nitrogen and oxygen atoms in total. The number of benzene rings is 1. The maximum Gasteiger partial charge on any atom is 0.256 e. The molecule has 1 aromatic carbocycles. The second kappa shape index (κ2) is 5.79. The monoisotopic (exact) mass is 341 g/mol. The van der Waals surface area contributed by atoms with E-state index in [1.54, 1.807) is 24.4 Å². The third kappa shape index (κ3) is 2.59. The number of halogens is 1. The number of carbonyl (C=O) groups is 1. The fraction of sp³-hybridized carbons (Fsp3) is 0.235. The van der Waals surface area contributed by atoms with Crippen molar-refractivity contribution in [2.45, 2.75) is 19.9 Å². The van der Waals surface area contributed by atoms with Gasteiger partial charge < -0.3 is 10.6 Å². The van der Waals surface area contributed by atoms with Crippen LogP contribution in [-0.4, -0.2) is 27.2 Å². The van der Waals surface area contributed by atoms with Crippen molar-refractivity contribution in [1.29, 1.82) is 0 Å². The summed E-state index contributed by atoms with van der Waals surface area (Å²) in [4.78, 5) is 17.3. The number of fused-ring (bicyclic) bond motifs is 2. The summed E-state index contributed by atoms with van der Waals surface area (Å²) in [5, 5.41) is 11.8. The molecule has 1 aliphatic heterocycles. The van der Waals surface area contributed by atoms with E-state index in [4.69, 9.17) is 11.6 Å². The number of hydrogen-bond acceptors (Lipinski definition) is 4. The number of rotatable bonds is 2. The third-order valence-corrected chi connectivity index (χ3v) is 4.31. The fourth-order valence-corrected chi connectivity index (χ4v) is 3.15. The molecule has 0 radical (unpaired) electrons. The van der Waals surface area contributed by atoms with Gasteiger partial charge in [0.25, 0.3) is 5.91 Å². The number of amides is 1. The highest BCUT2D eigenvalue weighted by molar-refractivity contribution is 6.31. The Kier molecular flexibility index (Phi) is 3.61. The van der Waals surface area contributed by atoms with Gasteiger partial charge in [0, 0.05) is 29.2 Å². The van der Waals surface area contributed by atoms with Crippen LogP contribution in [0.4, 0.5) is 11.5 Å². The van der Waals surface area contributed by atoms with E-state index in [2.05, 4.69) is 20.7 Å². The van der Waals surface area contributed by atoms with Crippen molar-refractivity contribution >= 4 is 39.9 Å². The van der Waals surface area contributed by atoms with Crippen LogP contribution in [0, 0.1) is 6.92 Å². The minimum absolute atomic E-state index is 0.198. The summed E-state index contributed by atoms with van der Waals surface area (Å²) >= 11 is 6.09. The molecule has 24 heavy (non-hydrogen) atoms. The topological polar surface area (TPSA) is 71.8 Å². The van der Waals surface area contributed by atoms with E-state index in [1.807, 2.05) is 17.7 Å². The van der Waals surface area contributed by atoms with E-state index < -0.39 is 0 Å². The van der Waals surface area contributed by atoms with E-state index in [1.165, 1.54) is 0 Å². The van der Waals surface area contributed by atoms with Gasteiger partial charge in [-0.15, -0.1) is 0 Å². The lowest BCUT2D eigenvalue weighted by Gasteiger charge is -2.17. The molecule has 1 aliphatic rings. The molecule has 4 rings (SSSR count). The molecule has 0 fully saturated rings. The number of aromatic nitrogens is 3. The Morgan fingerprint density at radius 2 is 2.25 bits per heavy atom. The standard InChI is InChI=1S/C17H16ClN5O/c1-10-7-13(12-8-11(18)3-4-14(12)21-10)17(24)22-15-9-20-23-6-2-5-19-16(15)23/h3-4,7-9,19H,2,5-6H2,1H3,(H,22,24). The summed E-state index contributed by atoms with van der Waals surface area (Å²) in [6.07, 6.45) is 2.70. The second-order valence-electron chi connectivity index (χ2n) is 5.84. The van der Waals surface area contributed by atoms with E-state index in [0.717, 1.165) is 41.9 Å². The van der Waals surface area contributed by atoms with E-state index in [9.17, 15) is 4.79 Å². The van der Waals surface area contributed by atoms with Crippen molar-refractivity contribution in [3.8, 4) is 0 Å². The van der Waals surface area contributed by atoms with Crippen molar-refractivity contribution in [2.75, 3.05) is 17.2 Å². The highest BCUT2D eigenvalue weighted by Gasteiger charge is 2.18. The van der Waals surface area contributed by atoms with Crippen molar-refractivity contribution in [3.05, 3.63) is 46.7 Å². The predicted molar refractivity (Wildman–Crippen MR) is 94.8 cm³/mol. The summed E-state index contributed by atoms with van der Waals surface area (Å²) in [5.41, 5.74) is 2.77. The summed E-state index contributed by atoms with van der Waals surface area (Å²) in [5.74, 6) is 0.652. The summed E-state index contributed by atoms with van der Waals surface area (Å²) in [6, 6.07) is 7.14. The lowest BCUT2D eigenvalue weighted by atomic mass is 10.1. The number of anilines is 2. The van der Waals surface area contributed by atoms with Gasteiger partial charge in [-0.05, 0) is 37.6 Å². The number of nitrogens with zero attached hydrogens (tertiary/aromatic N) is 3. The Hall–Kier alpha value is -2.60. The van der Waals surface area contributed by atoms with Gasteiger partial charge in [-0.3, -0.25) is 9.78 Å². The highest BCUT2D eigenvalue weighted by atomic mass is 35.5. The third-order valence-electron chi connectivity index (χ3n) is 4.07. The van der Waals surface area contributed by atoms with Gasteiger partial charge in [0.1, 0.15) is 11.5 Å². The van der Waals surface area contributed by atoms with Crippen LogP contribution < -0.4 is 10.6 Å². The first-order chi connectivity index (χ1) is 11.6. The van der Waals surface area contributed by atoms with E-state index in [0.29, 0.717) is 16.3 Å². The molecule has 0 saturated heterocycles. The van der Waals surface area contributed by atoms with Crippen LogP contribution in [-0.2, 0) is 6.54 Å². The Labute approximate surface area is 143 Å². The van der Waals surface area contributed by atoms with Gasteiger partial charge in [-0.2, -0.15) is 5.10 Å². The zero-order valence-electron chi connectivity index (χ0n) is 13.1. The largest absolute Gasteiger partial charge is 0.368 e. The van der Waals surface area contributed by atoms with Crippen molar-refractivity contribution < 1.29 is 4.79 Å². The maximum absolute atomic E-state index is 12.8. The molecule has 0 bridgehead atoms. The van der Waals surface area contributed by atoms with Crippen LogP contribution in [0.3, 0.4) is 0 Å².